The van der Waals surface area contributed by atoms with Gasteiger partial charge in [-0.3, -0.25) is 9.59 Å². The van der Waals surface area contributed by atoms with E-state index in [0.29, 0.717) is 13.0 Å². The number of carbonyl (C=O) groups excluding carboxylic acids is 2. The summed E-state index contributed by atoms with van der Waals surface area (Å²) in [5.74, 6) is 0.140. The minimum Gasteiger partial charge on any atom is -0.384 e. The molecule has 0 radical (unpaired) electrons. The monoisotopic (exact) mass is 303 g/mol. The first kappa shape index (κ1) is 16.3. The van der Waals surface area contributed by atoms with Crippen molar-refractivity contribution < 1.29 is 9.59 Å². The summed E-state index contributed by atoms with van der Waals surface area (Å²) in [4.78, 5) is 25.2. The van der Waals surface area contributed by atoms with E-state index in [1.165, 1.54) is 19.8 Å². The van der Waals surface area contributed by atoms with E-state index >= 15 is 0 Å². The first-order valence-electron chi connectivity index (χ1n) is 8.04. The van der Waals surface area contributed by atoms with Crippen LogP contribution in [0.1, 0.15) is 39.0 Å². The molecule has 0 aliphatic carbocycles. The van der Waals surface area contributed by atoms with Gasteiger partial charge in [0.1, 0.15) is 0 Å². The van der Waals surface area contributed by atoms with Gasteiger partial charge in [-0.25, -0.2) is 0 Å². The van der Waals surface area contributed by atoms with Gasteiger partial charge in [0, 0.05) is 44.4 Å². The van der Waals surface area contributed by atoms with E-state index < -0.39 is 0 Å². The fraction of sp³-hybridized carbons (Fsp3) is 0.529. The minimum atomic E-state index is -0.0894. The van der Waals surface area contributed by atoms with Crippen LogP contribution in [0, 0.1) is 0 Å². The number of benzene rings is 1. The van der Waals surface area contributed by atoms with Crippen molar-refractivity contribution >= 4 is 23.2 Å². The van der Waals surface area contributed by atoms with Crippen molar-refractivity contribution in [1.29, 1.82) is 0 Å². The molecular formula is C17H25N3O2. The first-order valence-corrected chi connectivity index (χ1v) is 8.04. The zero-order valence-electron chi connectivity index (χ0n) is 13.2. The Bertz CT molecular complexity index is 508. The predicted octanol–water partition coefficient (Wildman–Crippen LogP) is 2.85. The molecule has 22 heavy (non-hydrogen) atoms. The van der Waals surface area contributed by atoms with Crippen LogP contribution >= 0.6 is 0 Å². The number of hydrogen-bond acceptors (Lipinski definition) is 3. The summed E-state index contributed by atoms with van der Waals surface area (Å²) in [6, 6.07) is 7.53. The van der Waals surface area contributed by atoms with Crippen molar-refractivity contribution in [1.82, 2.24) is 4.90 Å². The molecule has 120 valence electrons. The fourth-order valence-corrected chi connectivity index (χ4v) is 2.70. The standard InChI is InChI=1S/C17H25N3O2/c1-14(21)19-16-8-6-7-15(13-16)18-10-9-17(22)20-11-4-2-3-5-12-20/h6-8,13,18H,2-5,9-12H2,1H3,(H,19,21). The molecule has 5 nitrogen and oxygen atoms in total. The number of amides is 2. The van der Waals surface area contributed by atoms with Crippen LogP contribution in [-0.2, 0) is 9.59 Å². The normalized spacial score (nSPS) is 15.0. The molecule has 5 heteroatoms. The number of carbonyl (C=O) groups is 2. The van der Waals surface area contributed by atoms with Crippen molar-refractivity contribution in [2.45, 2.75) is 39.0 Å². The van der Waals surface area contributed by atoms with E-state index in [2.05, 4.69) is 10.6 Å². The Morgan fingerprint density at radius 3 is 2.45 bits per heavy atom. The molecule has 1 aromatic carbocycles. The molecule has 1 aliphatic heterocycles. The van der Waals surface area contributed by atoms with E-state index in [9.17, 15) is 9.59 Å². The Morgan fingerprint density at radius 1 is 1.09 bits per heavy atom. The highest BCUT2D eigenvalue weighted by molar-refractivity contribution is 5.89. The van der Waals surface area contributed by atoms with Gasteiger partial charge in [-0.15, -0.1) is 0 Å². The summed E-state index contributed by atoms with van der Waals surface area (Å²) in [6.07, 6.45) is 5.22. The van der Waals surface area contributed by atoms with Gasteiger partial charge in [0.25, 0.3) is 0 Å². The lowest BCUT2D eigenvalue weighted by Crippen LogP contribution is -2.32. The lowest BCUT2D eigenvalue weighted by Gasteiger charge is -2.20. The zero-order chi connectivity index (χ0) is 15.8. The topological polar surface area (TPSA) is 61.4 Å². The SMILES string of the molecule is CC(=O)Nc1cccc(NCCC(=O)N2CCCCCC2)c1. The second-order valence-electron chi connectivity index (χ2n) is 5.73. The van der Waals surface area contributed by atoms with Crippen LogP contribution in [0.5, 0.6) is 0 Å². The first-order chi connectivity index (χ1) is 10.6. The van der Waals surface area contributed by atoms with Crippen molar-refractivity contribution in [2.24, 2.45) is 0 Å². The fourth-order valence-electron chi connectivity index (χ4n) is 2.70. The highest BCUT2D eigenvalue weighted by atomic mass is 16.2. The van der Waals surface area contributed by atoms with E-state index in [4.69, 9.17) is 0 Å². The van der Waals surface area contributed by atoms with Gasteiger partial charge in [-0.05, 0) is 31.0 Å². The number of anilines is 2. The number of rotatable bonds is 5. The maximum Gasteiger partial charge on any atom is 0.224 e. The third-order valence-electron chi connectivity index (χ3n) is 3.81. The average molecular weight is 303 g/mol. The molecule has 2 amide bonds. The van der Waals surface area contributed by atoms with Crippen LogP contribution in [0.4, 0.5) is 11.4 Å². The Hall–Kier alpha value is -2.04. The minimum absolute atomic E-state index is 0.0894. The number of hydrogen-bond donors (Lipinski definition) is 2. The van der Waals surface area contributed by atoms with Crippen molar-refractivity contribution in [2.75, 3.05) is 30.3 Å². The van der Waals surface area contributed by atoms with Crippen LogP contribution < -0.4 is 10.6 Å². The van der Waals surface area contributed by atoms with Gasteiger partial charge < -0.3 is 15.5 Å². The zero-order valence-corrected chi connectivity index (χ0v) is 13.2. The molecule has 0 spiro atoms. The van der Waals surface area contributed by atoms with Gasteiger partial charge in [0.2, 0.25) is 11.8 Å². The summed E-state index contributed by atoms with van der Waals surface area (Å²) < 4.78 is 0. The molecule has 0 bridgehead atoms. The van der Waals surface area contributed by atoms with E-state index in [1.54, 1.807) is 0 Å². The number of nitrogens with zero attached hydrogens (tertiary/aromatic N) is 1. The van der Waals surface area contributed by atoms with Crippen LogP contribution in [0.25, 0.3) is 0 Å². The Labute approximate surface area is 132 Å². The lowest BCUT2D eigenvalue weighted by atomic mass is 10.2. The Morgan fingerprint density at radius 2 is 1.77 bits per heavy atom. The second kappa shape index (κ2) is 8.41. The third kappa shape index (κ3) is 5.39. The Balaban J connectivity index is 1.77. The van der Waals surface area contributed by atoms with E-state index in [0.717, 1.165) is 37.3 Å². The highest BCUT2D eigenvalue weighted by Crippen LogP contribution is 2.15. The molecule has 2 rings (SSSR count). The van der Waals surface area contributed by atoms with Gasteiger partial charge in [-0.1, -0.05) is 18.9 Å². The van der Waals surface area contributed by atoms with Gasteiger partial charge >= 0.3 is 0 Å². The van der Waals surface area contributed by atoms with Crippen molar-refractivity contribution in [3.8, 4) is 0 Å². The van der Waals surface area contributed by atoms with Gasteiger partial charge in [0.15, 0.2) is 0 Å². The summed E-state index contributed by atoms with van der Waals surface area (Å²) in [7, 11) is 0. The molecule has 1 saturated heterocycles. The summed E-state index contributed by atoms with van der Waals surface area (Å²) in [5, 5.41) is 5.99. The molecule has 0 atom stereocenters. The predicted molar refractivity (Wildman–Crippen MR) is 88.9 cm³/mol. The van der Waals surface area contributed by atoms with Gasteiger partial charge in [0.05, 0.1) is 0 Å². The van der Waals surface area contributed by atoms with Crippen LogP contribution in [0.3, 0.4) is 0 Å². The molecule has 1 fully saturated rings. The average Bonchev–Trinajstić information content (AvgIpc) is 2.76. The molecule has 2 N–H and O–H groups in total. The smallest absolute Gasteiger partial charge is 0.224 e. The van der Waals surface area contributed by atoms with E-state index in [1.807, 2.05) is 29.2 Å². The quantitative estimate of drug-likeness (QED) is 0.879. The maximum atomic E-state index is 12.2. The van der Waals surface area contributed by atoms with Crippen LogP contribution in [0.15, 0.2) is 24.3 Å². The summed E-state index contributed by atoms with van der Waals surface area (Å²) in [6.45, 7) is 3.90. The molecule has 0 saturated carbocycles. The lowest BCUT2D eigenvalue weighted by molar-refractivity contribution is -0.130. The third-order valence-corrected chi connectivity index (χ3v) is 3.81. The molecule has 1 aromatic rings. The van der Waals surface area contributed by atoms with Crippen LogP contribution in [-0.4, -0.2) is 36.3 Å². The highest BCUT2D eigenvalue weighted by Gasteiger charge is 2.14. The van der Waals surface area contributed by atoms with E-state index in [-0.39, 0.29) is 11.8 Å². The summed E-state index contributed by atoms with van der Waals surface area (Å²) >= 11 is 0. The molecular weight excluding hydrogens is 278 g/mol. The molecule has 1 aliphatic rings. The number of likely N-dealkylation sites (tertiary alicyclic amines) is 1. The molecule has 1 heterocycles. The number of nitrogens with one attached hydrogen (secondary N) is 2. The Kier molecular flexibility index (Phi) is 6.25. The molecule has 0 aromatic heterocycles. The maximum absolute atomic E-state index is 12.2. The largest absolute Gasteiger partial charge is 0.384 e. The van der Waals surface area contributed by atoms with Gasteiger partial charge in [-0.2, -0.15) is 0 Å². The van der Waals surface area contributed by atoms with Crippen molar-refractivity contribution in [3.63, 3.8) is 0 Å². The van der Waals surface area contributed by atoms with Crippen LogP contribution in [0.2, 0.25) is 0 Å². The molecule has 0 unspecified atom stereocenters. The second-order valence-corrected chi connectivity index (χ2v) is 5.73. The van der Waals surface area contributed by atoms with Crippen molar-refractivity contribution in [3.05, 3.63) is 24.3 Å². The summed E-state index contributed by atoms with van der Waals surface area (Å²) in [5.41, 5.74) is 1.67.